The van der Waals surface area contributed by atoms with Gasteiger partial charge in [-0.1, -0.05) is 13.8 Å². The number of hydrogen-bond donors (Lipinski definition) is 1. The maximum absolute atomic E-state index is 9.67. The van der Waals surface area contributed by atoms with Crippen molar-refractivity contribution in [1.82, 2.24) is 9.55 Å². The molecule has 0 aliphatic heterocycles. The highest BCUT2D eigenvalue weighted by Crippen LogP contribution is 2.12. The largest absolute Gasteiger partial charge is 0.504 e. The van der Waals surface area contributed by atoms with Crippen LogP contribution in [0.3, 0.4) is 0 Å². The Morgan fingerprint density at radius 3 is 2.92 bits per heavy atom. The zero-order chi connectivity index (χ0) is 9.84. The molecule has 0 bridgehead atoms. The Labute approximate surface area is 78.7 Å². The lowest BCUT2D eigenvalue weighted by Crippen LogP contribution is -1.98. The summed E-state index contributed by atoms with van der Waals surface area (Å²) in [6.45, 7) is 4.16. The molecule has 0 unspecified atom stereocenters. The van der Waals surface area contributed by atoms with Crippen LogP contribution in [0.2, 0.25) is 0 Å². The van der Waals surface area contributed by atoms with Crippen molar-refractivity contribution in [3.05, 3.63) is 24.3 Å². The minimum atomic E-state index is 0.266. The predicted octanol–water partition coefficient (Wildman–Crippen LogP) is 2.37. The van der Waals surface area contributed by atoms with E-state index in [9.17, 15) is 5.11 Å². The molecule has 72 valence electrons. The second-order valence-corrected chi connectivity index (χ2v) is 3.30. The molecule has 1 N–H and O–H groups in total. The highest BCUT2D eigenvalue weighted by molar-refractivity contribution is 5.51. The lowest BCUT2D eigenvalue weighted by Gasteiger charge is -2.04. The summed E-state index contributed by atoms with van der Waals surface area (Å²) in [5.41, 5.74) is 0. The molecule has 0 saturated heterocycles. The summed E-state index contributed by atoms with van der Waals surface area (Å²) in [6.07, 6.45) is 6.35. The monoisotopic (exact) mass is 180 g/mol. The van der Waals surface area contributed by atoms with E-state index >= 15 is 0 Å². The van der Waals surface area contributed by atoms with E-state index in [0.717, 1.165) is 6.42 Å². The van der Waals surface area contributed by atoms with E-state index < -0.39 is 0 Å². The van der Waals surface area contributed by atoms with Gasteiger partial charge in [0.05, 0.1) is 0 Å². The van der Waals surface area contributed by atoms with Gasteiger partial charge in [0.25, 0.3) is 0 Å². The van der Waals surface area contributed by atoms with Crippen LogP contribution in [0.4, 0.5) is 0 Å². The Kier molecular flexibility index (Phi) is 3.12. The van der Waals surface area contributed by atoms with Gasteiger partial charge in [-0.15, -0.1) is 0 Å². The molecule has 1 heterocycles. The van der Waals surface area contributed by atoms with Crippen molar-refractivity contribution in [2.45, 2.75) is 20.3 Å². The smallest absolute Gasteiger partial charge is 0.174 e. The van der Waals surface area contributed by atoms with Crippen molar-refractivity contribution in [2.75, 3.05) is 0 Å². The van der Waals surface area contributed by atoms with Crippen LogP contribution in [0.5, 0.6) is 0 Å². The van der Waals surface area contributed by atoms with E-state index in [4.69, 9.17) is 0 Å². The van der Waals surface area contributed by atoms with Crippen molar-refractivity contribution in [1.29, 1.82) is 0 Å². The van der Waals surface area contributed by atoms with E-state index in [1.165, 1.54) is 0 Å². The molecule has 0 radical (unpaired) electrons. The van der Waals surface area contributed by atoms with Gasteiger partial charge >= 0.3 is 0 Å². The molecule has 0 fully saturated rings. The number of aliphatic hydroxyl groups is 1. The summed E-state index contributed by atoms with van der Waals surface area (Å²) in [5.74, 6) is 1.28. The van der Waals surface area contributed by atoms with Gasteiger partial charge in [0.2, 0.25) is 0 Å². The molecule has 1 aromatic rings. The first-order chi connectivity index (χ1) is 6.15. The molecule has 0 amide bonds. The lowest BCUT2D eigenvalue weighted by atomic mass is 10.1. The number of nitrogens with zero attached hydrogens (tertiary/aromatic N) is 2. The van der Waals surface area contributed by atoms with Gasteiger partial charge in [-0.25, -0.2) is 4.98 Å². The van der Waals surface area contributed by atoms with Crippen LogP contribution in [-0.4, -0.2) is 14.7 Å². The molecule has 1 atom stereocenters. The van der Waals surface area contributed by atoms with Gasteiger partial charge in [-0.3, -0.25) is 0 Å². The molecule has 13 heavy (non-hydrogen) atoms. The molecule has 3 heteroatoms. The van der Waals surface area contributed by atoms with Crippen LogP contribution in [-0.2, 0) is 7.05 Å². The van der Waals surface area contributed by atoms with E-state index in [2.05, 4.69) is 18.8 Å². The molecular formula is C10H16N2O. The summed E-state index contributed by atoms with van der Waals surface area (Å²) >= 11 is 0. The first kappa shape index (κ1) is 9.84. The van der Waals surface area contributed by atoms with E-state index in [1.807, 2.05) is 19.3 Å². The Hall–Kier alpha value is -1.25. The second kappa shape index (κ2) is 4.12. The average molecular weight is 180 g/mol. The van der Waals surface area contributed by atoms with Crippen LogP contribution >= 0.6 is 0 Å². The Bertz CT molecular complexity index is 302. The van der Waals surface area contributed by atoms with Gasteiger partial charge < -0.3 is 9.67 Å². The van der Waals surface area contributed by atoms with E-state index in [0.29, 0.717) is 11.7 Å². The fourth-order valence-electron chi connectivity index (χ4n) is 1.07. The maximum atomic E-state index is 9.67. The van der Waals surface area contributed by atoms with Gasteiger partial charge in [-0.2, -0.15) is 0 Å². The predicted molar refractivity (Wildman–Crippen MR) is 53.3 cm³/mol. The van der Waals surface area contributed by atoms with E-state index in [1.54, 1.807) is 10.8 Å². The Morgan fingerprint density at radius 2 is 2.46 bits per heavy atom. The van der Waals surface area contributed by atoms with Crippen LogP contribution in [0.15, 0.2) is 18.5 Å². The van der Waals surface area contributed by atoms with Crippen molar-refractivity contribution in [3.63, 3.8) is 0 Å². The van der Waals surface area contributed by atoms with Crippen molar-refractivity contribution < 1.29 is 5.11 Å². The zero-order valence-electron chi connectivity index (χ0n) is 8.36. The molecule has 0 aliphatic rings. The Balaban J connectivity index is 2.84. The van der Waals surface area contributed by atoms with Crippen LogP contribution in [0, 0.1) is 5.92 Å². The highest BCUT2D eigenvalue weighted by atomic mass is 16.3. The minimum absolute atomic E-state index is 0.266. The molecule has 0 aromatic carbocycles. The molecule has 0 saturated carbocycles. The summed E-state index contributed by atoms with van der Waals surface area (Å²) < 4.78 is 1.80. The van der Waals surface area contributed by atoms with E-state index in [-0.39, 0.29) is 5.76 Å². The number of rotatable bonds is 3. The summed E-state index contributed by atoms with van der Waals surface area (Å²) in [6, 6.07) is 0. The third-order valence-corrected chi connectivity index (χ3v) is 2.14. The first-order valence-electron chi connectivity index (χ1n) is 4.53. The van der Waals surface area contributed by atoms with Gasteiger partial charge in [-0.05, 0) is 18.4 Å². The molecule has 3 nitrogen and oxygen atoms in total. The number of aromatic nitrogens is 2. The molecular weight excluding hydrogens is 164 g/mol. The van der Waals surface area contributed by atoms with Gasteiger partial charge in [0.1, 0.15) is 0 Å². The van der Waals surface area contributed by atoms with Gasteiger partial charge in [0.15, 0.2) is 11.6 Å². The first-order valence-corrected chi connectivity index (χ1v) is 4.53. The summed E-state index contributed by atoms with van der Waals surface area (Å²) in [4.78, 5) is 4.05. The van der Waals surface area contributed by atoms with Crippen molar-refractivity contribution in [3.8, 4) is 0 Å². The number of imidazole rings is 1. The number of aryl methyl sites for hydroxylation is 1. The third-order valence-electron chi connectivity index (χ3n) is 2.14. The average Bonchev–Trinajstić information content (AvgIpc) is 2.51. The molecule has 1 aromatic heterocycles. The van der Waals surface area contributed by atoms with Crippen LogP contribution in [0.1, 0.15) is 26.1 Å². The fourth-order valence-corrected chi connectivity index (χ4v) is 1.07. The quantitative estimate of drug-likeness (QED) is 0.725. The Morgan fingerprint density at radius 1 is 1.77 bits per heavy atom. The second-order valence-electron chi connectivity index (χ2n) is 3.30. The SMILES string of the molecule is CC[C@@H](C)/C=C(\O)c1nccn1C. The topological polar surface area (TPSA) is 38.1 Å². The number of hydrogen-bond acceptors (Lipinski definition) is 2. The summed E-state index contributed by atoms with van der Waals surface area (Å²) in [5, 5.41) is 9.67. The standard InChI is InChI=1S/C10H16N2O/c1-4-8(2)7-9(13)10-11-5-6-12(10)3/h5-8,13H,4H2,1-3H3/b9-7-/t8-/m1/s1. The normalized spacial score (nSPS) is 14.5. The molecule has 1 rings (SSSR count). The molecule has 0 aliphatic carbocycles. The van der Waals surface area contributed by atoms with Gasteiger partial charge in [0, 0.05) is 19.4 Å². The summed E-state index contributed by atoms with van der Waals surface area (Å²) in [7, 11) is 1.86. The van der Waals surface area contributed by atoms with Crippen LogP contribution < -0.4 is 0 Å². The third kappa shape index (κ3) is 2.34. The molecule has 0 spiro atoms. The van der Waals surface area contributed by atoms with Crippen molar-refractivity contribution >= 4 is 5.76 Å². The number of allylic oxidation sites excluding steroid dienone is 1. The zero-order valence-corrected chi connectivity index (χ0v) is 8.36. The maximum Gasteiger partial charge on any atom is 0.174 e. The minimum Gasteiger partial charge on any atom is -0.504 e. The van der Waals surface area contributed by atoms with Crippen molar-refractivity contribution in [2.24, 2.45) is 13.0 Å². The van der Waals surface area contributed by atoms with Crippen LogP contribution in [0.25, 0.3) is 5.76 Å². The fraction of sp³-hybridized carbons (Fsp3) is 0.500. The lowest BCUT2D eigenvalue weighted by molar-refractivity contribution is 0.492. The highest BCUT2D eigenvalue weighted by Gasteiger charge is 2.05. The number of aliphatic hydroxyl groups excluding tert-OH is 1.